The van der Waals surface area contributed by atoms with E-state index in [1.54, 1.807) is 7.11 Å². The van der Waals surface area contributed by atoms with E-state index in [1.807, 2.05) is 6.07 Å². The fraction of sp³-hybridized carbons (Fsp3) is 0.636. The van der Waals surface area contributed by atoms with Gasteiger partial charge in [-0.2, -0.15) is 0 Å². The number of ether oxygens (including phenoxy) is 2. The molecule has 1 aromatic carbocycles. The smallest absolute Gasteiger partial charge is 0.335 e. The van der Waals surface area contributed by atoms with E-state index in [9.17, 15) is 14.7 Å². The zero-order valence-corrected chi connectivity index (χ0v) is 18.0. The number of likely N-dealkylation sites (N-methyl/N-ethyl adjacent to an activating group) is 1. The largest absolute Gasteiger partial charge is 0.493 e. The molecule has 0 unspecified atom stereocenters. The lowest BCUT2D eigenvalue weighted by molar-refractivity contribution is -0.165. The molecular weight excluding hydrogens is 422 g/mol. The molecule has 2 aliphatic heterocycles. The number of nitrogens with zero attached hydrogens (tertiary/aromatic N) is 1. The maximum atomic E-state index is 10.6. The van der Waals surface area contributed by atoms with Gasteiger partial charge in [0, 0.05) is 17.0 Å². The fourth-order valence-corrected chi connectivity index (χ4v) is 6.13. The quantitative estimate of drug-likeness (QED) is 0.408. The number of carboxylic acids is 2. The van der Waals surface area contributed by atoms with Gasteiger partial charge in [-0.1, -0.05) is 6.07 Å². The third-order valence-corrected chi connectivity index (χ3v) is 7.57. The van der Waals surface area contributed by atoms with Gasteiger partial charge in [-0.05, 0) is 56.8 Å². The van der Waals surface area contributed by atoms with Crippen LogP contribution in [-0.4, -0.2) is 93.5 Å². The van der Waals surface area contributed by atoms with Crippen molar-refractivity contribution in [2.24, 2.45) is 5.92 Å². The van der Waals surface area contributed by atoms with Gasteiger partial charge in [0.2, 0.25) is 0 Å². The molecule has 2 fully saturated rings. The van der Waals surface area contributed by atoms with Crippen molar-refractivity contribution in [3.8, 4) is 11.5 Å². The van der Waals surface area contributed by atoms with Gasteiger partial charge in [-0.25, -0.2) is 9.59 Å². The Morgan fingerprint density at radius 2 is 1.84 bits per heavy atom. The summed E-state index contributed by atoms with van der Waals surface area (Å²) < 4.78 is 11.9. The van der Waals surface area contributed by atoms with Crippen LogP contribution in [0.5, 0.6) is 11.5 Å². The number of aliphatic carboxylic acids is 2. The Bertz CT molecular complexity index is 903. The molecule has 2 bridgehead atoms. The normalized spacial score (nSPS) is 33.7. The molecule has 2 aliphatic carbocycles. The number of aliphatic hydroxyl groups is 3. The lowest BCUT2D eigenvalue weighted by Gasteiger charge is -2.58. The standard InChI is InChI=1S/C18H23NO3.C4H6O6/c1-19-8-7-18-11-4-5-13(20)17(18)22-16-14(21-2)6-3-10(15(16)18)9-12(11)19;5-1(3(7)8)2(6)4(9)10/h3,6,11-13,17,20H,4-5,7-9H2,1-2H3;1-2,5-6H,(H,7,8)(H,9,10)/t11-,12+,13-,17-,18-;1-,2-/m01/s1. The van der Waals surface area contributed by atoms with Gasteiger partial charge in [0.25, 0.3) is 0 Å². The topological polar surface area (TPSA) is 157 Å². The average molecular weight is 451 g/mol. The second-order valence-electron chi connectivity index (χ2n) is 9.03. The van der Waals surface area contributed by atoms with Crippen molar-refractivity contribution in [3.63, 3.8) is 0 Å². The molecule has 7 atom stereocenters. The van der Waals surface area contributed by atoms with Crippen molar-refractivity contribution in [2.75, 3.05) is 20.7 Å². The molecule has 32 heavy (non-hydrogen) atoms. The molecule has 1 saturated heterocycles. The SMILES string of the molecule is COc1ccc2c3c1O[C@H]1[C@@H](O)CC[C@H]4[C@@H](C2)N(C)CC[C@@]341.O=C(O)[C@H](O)[C@@H](O)C(=O)O. The molecule has 1 spiro atoms. The molecule has 4 aliphatic rings. The highest BCUT2D eigenvalue weighted by atomic mass is 16.5. The summed E-state index contributed by atoms with van der Waals surface area (Å²) in [6.45, 7) is 1.09. The van der Waals surface area contributed by atoms with E-state index < -0.39 is 24.1 Å². The van der Waals surface area contributed by atoms with Crippen LogP contribution in [0.15, 0.2) is 12.1 Å². The van der Waals surface area contributed by atoms with Gasteiger partial charge in [-0.3, -0.25) is 0 Å². The van der Waals surface area contributed by atoms with Gasteiger partial charge < -0.3 is 39.9 Å². The molecular formula is C22H29NO9. The first-order chi connectivity index (χ1) is 15.1. The highest BCUT2D eigenvalue weighted by Crippen LogP contribution is 2.63. The number of carboxylic acid groups (broad SMARTS) is 2. The Kier molecular flexibility index (Phi) is 5.83. The number of likely N-dealkylation sites (tertiary alicyclic amines) is 1. The molecule has 2 heterocycles. The summed E-state index contributed by atoms with van der Waals surface area (Å²) >= 11 is 0. The van der Waals surface area contributed by atoms with E-state index in [-0.39, 0.29) is 17.6 Å². The molecule has 0 aromatic heterocycles. The number of piperidine rings is 1. The summed E-state index contributed by atoms with van der Waals surface area (Å²) in [6, 6.07) is 4.83. The minimum absolute atomic E-state index is 0.00625. The number of rotatable bonds is 4. The van der Waals surface area contributed by atoms with Crippen LogP contribution in [0, 0.1) is 5.92 Å². The molecule has 5 N–H and O–H groups in total. The summed E-state index contributed by atoms with van der Waals surface area (Å²) in [7, 11) is 3.96. The Morgan fingerprint density at radius 1 is 1.19 bits per heavy atom. The van der Waals surface area contributed by atoms with Crippen molar-refractivity contribution in [1.29, 1.82) is 0 Å². The number of methoxy groups -OCH3 is 1. The highest BCUT2D eigenvalue weighted by Gasteiger charge is 2.65. The minimum atomic E-state index is -2.27. The molecule has 0 amide bonds. The summed E-state index contributed by atoms with van der Waals surface area (Å²) in [4.78, 5) is 22.1. The van der Waals surface area contributed by atoms with Crippen LogP contribution in [0.1, 0.15) is 30.4 Å². The Labute approximate surface area is 185 Å². The molecule has 5 rings (SSSR count). The highest BCUT2D eigenvalue weighted by molar-refractivity contribution is 5.83. The first-order valence-corrected chi connectivity index (χ1v) is 10.7. The van der Waals surface area contributed by atoms with Gasteiger partial charge in [0.05, 0.1) is 13.2 Å². The van der Waals surface area contributed by atoms with E-state index in [0.717, 1.165) is 43.7 Å². The number of hydrogen-bond donors (Lipinski definition) is 5. The van der Waals surface area contributed by atoms with Crippen molar-refractivity contribution >= 4 is 11.9 Å². The summed E-state index contributed by atoms with van der Waals surface area (Å²) in [5.41, 5.74) is 2.77. The van der Waals surface area contributed by atoms with Crippen LogP contribution in [0.25, 0.3) is 0 Å². The van der Waals surface area contributed by atoms with Gasteiger partial charge in [-0.15, -0.1) is 0 Å². The van der Waals surface area contributed by atoms with Crippen LogP contribution >= 0.6 is 0 Å². The predicted molar refractivity (Wildman–Crippen MR) is 110 cm³/mol. The Balaban J connectivity index is 0.000000211. The first-order valence-electron chi connectivity index (χ1n) is 10.7. The molecule has 1 saturated carbocycles. The van der Waals surface area contributed by atoms with Gasteiger partial charge in [0.1, 0.15) is 6.10 Å². The van der Waals surface area contributed by atoms with Crippen molar-refractivity contribution in [3.05, 3.63) is 23.3 Å². The van der Waals surface area contributed by atoms with Crippen molar-refractivity contribution < 1.29 is 44.6 Å². The Morgan fingerprint density at radius 3 is 2.44 bits per heavy atom. The zero-order chi connectivity index (χ0) is 23.4. The Hall–Kier alpha value is -2.40. The average Bonchev–Trinajstić information content (AvgIpc) is 3.12. The van der Waals surface area contributed by atoms with Crippen molar-refractivity contribution in [2.45, 2.75) is 61.6 Å². The monoisotopic (exact) mass is 451 g/mol. The number of benzene rings is 1. The lowest BCUT2D eigenvalue weighted by atomic mass is 9.51. The fourth-order valence-electron chi connectivity index (χ4n) is 6.13. The molecule has 1 aromatic rings. The van der Waals surface area contributed by atoms with Crippen LogP contribution in [0.4, 0.5) is 0 Å². The van der Waals surface area contributed by atoms with Crippen molar-refractivity contribution in [1.82, 2.24) is 4.90 Å². The van der Waals surface area contributed by atoms with Gasteiger partial charge >= 0.3 is 11.9 Å². The zero-order valence-electron chi connectivity index (χ0n) is 18.0. The second kappa shape index (κ2) is 8.18. The molecule has 10 nitrogen and oxygen atoms in total. The second-order valence-corrected chi connectivity index (χ2v) is 9.03. The third kappa shape index (κ3) is 3.24. The maximum Gasteiger partial charge on any atom is 0.335 e. The number of aliphatic hydroxyl groups excluding tert-OH is 3. The summed E-state index contributed by atoms with van der Waals surface area (Å²) in [5.74, 6) is -1.20. The van der Waals surface area contributed by atoms with Crippen LogP contribution < -0.4 is 9.47 Å². The van der Waals surface area contributed by atoms with Gasteiger partial charge in [0.15, 0.2) is 23.7 Å². The third-order valence-electron chi connectivity index (χ3n) is 7.57. The molecule has 176 valence electrons. The van der Waals surface area contributed by atoms with E-state index in [4.69, 9.17) is 29.9 Å². The summed E-state index contributed by atoms with van der Waals surface area (Å²) in [5, 5.41) is 43.2. The lowest BCUT2D eigenvalue weighted by Crippen LogP contribution is -2.66. The maximum absolute atomic E-state index is 10.6. The minimum Gasteiger partial charge on any atom is -0.493 e. The van der Waals surface area contributed by atoms with Crippen LogP contribution in [0.3, 0.4) is 0 Å². The molecule has 10 heteroatoms. The van der Waals surface area contributed by atoms with Crippen LogP contribution in [0.2, 0.25) is 0 Å². The number of hydrogen-bond acceptors (Lipinski definition) is 8. The molecule has 0 radical (unpaired) electrons. The van der Waals surface area contributed by atoms with E-state index in [1.165, 1.54) is 11.1 Å². The van der Waals surface area contributed by atoms with Crippen LogP contribution in [-0.2, 0) is 21.4 Å². The van der Waals surface area contributed by atoms with E-state index in [2.05, 4.69) is 18.0 Å². The van der Waals surface area contributed by atoms with E-state index >= 15 is 0 Å². The number of carbonyl (C=O) groups is 2. The van der Waals surface area contributed by atoms with E-state index in [0.29, 0.717) is 12.0 Å². The summed E-state index contributed by atoms with van der Waals surface area (Å²) in [6.07, 6.45) is -0.841. The predicted octanol–water partition coefficient (Wildman–Crippen LogP) is -0.397. The first kappa shape index (κ1) is 22.8.